The minimum Gasteiger partial charge on any atom is -0.507 e. The zero-order chi connectivity index (χ0) is 28.8. The van der Waals surface area contributed by atoms with Crippen LogP contribution in [0.15, 0.2) is 84.9 Å². The smallest absolute Gasteiger partial charge is 0.148 e. The predicted molar refractivity (Wildman–Crippen MR) is 168 cm³/mol. The molecule has 0 atom stereocenters. The number of hydrogen-bond acceptors (Lipinski definition) is 4. The number of para-hydroxylation sites is 2. The molecule has 6 nitrogen and oxygen atoms in total. The monoisotopic (exact) mass is 548 g/mol. The van der Waals surface area contributed by atoms with Gasteiger partial charge in [0.25, 0.3) is 0 Å². The summed E-state index contributed by atoms with van der Waals surface area (Å²) in [5.41, 5.74) is 6.15. The summed E-state index contributed by atoms with van der Waals surface area (Å²) in [5.74, 6) is 6.25. The van der Waals surface area contributed by atoms with E-state index in [2.05, 4.69) is 21.8 Å². The predicted octanol–water partition coefficient (Wildman–Crippen LogP) is 7.72. The van der Waals surface area contributed by atoms with E-state index < -0.39 is 0 Å². The van der Waals surface area contributed by atoms with Gasteiger partial charge in [0.1, 0.15) is 36.2 Å². The fourth-order valence-electron chi connectivity index (χ4n) is 5.83. The van der Waals surface area contributed by atoms with Crippen molar-refractivity contribution >= 4 is 43.6 Å². The van der Waals surface area contributed by atoms with E-state index >= 15 is 0 Å². The molecule has 202 valence electrons. The largest absolute Gasteiger partial charge is 0.507 e. The van der Waals surface area contributed by atoms with Gasteiger partial charge >= 0.3 is 0 Å². The first kappa shape index (κ1) is 25.0. The van der Waals surface area contributed by atoms with Gasteiger partial charge in [0.15, 0.2) is 0 Å². The molecule has 0 spiro atoms. The van der Waals surface area contributed by atoms with Gasteiger partial charge in [-0.05, 0) is 48.5 Å². The third-order valence-electron chi connectivity index (χ3n) is 7.53. The molecule has 0 aliphatic rings. The second-order valence-corrected chi connectivity index (χ2v) is 9.93. The average molecular weight is 549 g/mol. The van der Waals surface area contributed by atoms with Gasteiger partial charge in [-0.15, -0.1) is 12.8 Å². The zero-order valence-corrected chi connectivity index (χ0v) is 22.4. The molecule has 42 heavy (non-hydrogen) atoms. The maximum absolute atomic E-state index is 11.3. The van der Waals surface area contributed by atoms with Crippen LogP contribution < -0.4 is 9.47 Å². The first-order valence-corrected chi connectivity index (χ1v) is 13.3. The summed E-state index contributed by atoms with van der Waals surface area (Å²) in [6.07, 6.45) is 10.9. The Morgan fingerprint density at radius 1 is 0.595 bits per heavy atom. The molecule has 7 aromatic rings. The van der Waals surface area contributed by atoms with Gasteiger partial charge in [0.2, 0.25) is 0 Å². The Kier molecular flexibility index (Phi) is 5.89. The van der Waals surface area contributed by atoms with Crippen LogP contribution in [-0.2, 0) is 0 Å². The normalized spacial score (nSPS) is 11.2. The van der Waals surface area contributed by atoms with Gasteiger partial charge in [-0.2, -0.15) is 0 Å². The van der Waals surface area contributed by atoms with Crippen LogP contribution in [0.5, 0.6) is 23.0 Å². The Balaban J connectivity index is 1.70. The Morgan fingerprint density at radius 2 is 1.02 bits per heavy atom. The molecule has 0 fully saturated rings. The fourth-order valence-corrected chi connectivity index (χ4v) is 5.83. The van der Waals surface area contributed by atoms with Crippen molar-refractivity contribution in [3.8, 4) is 69.9 Å². The third kappa shape index (κ3) is 3.86. The second-order valence-electron chi connectivity index (χ2n) is 9.93. The van der Waals surface area contributed by atoms with Crippen LogP contribution in [0.1, 0.15) is 0 Å². The zero-order valence-electron chi connectivity index (χ0n) is 22.4. The van der Waals surface area contributed by atoms with E-state index in [0.717, 1.165) is 54.7 Å². The van der Waals surface area contributed by atoms with Gasteiger partial charge in [0, 0.05) is 54.8 Å². The minimum atomic E-state index is 0.0925. The lowest BCUT2D eigenvalue weighted by molar-refractivity contribution is 0.369. The molecular formula is C36H24N2O4. The van der Waals surface area contributed by atoms with Gasteiger partial charge in [0.05, 0.1) is 11.0 Å². The molecule has 0 amide bonds. The number of nitrogens with one attached hydrogen (secondary N) is 2. The fraction of sp³-hybridized carbons (Fsp3) is 0.0556. The number of H-pyrrole nitrogens is 2. The molecular weight excluding hydrogens is 524 g/mol. The minimum absolute atomic E-state index is 0.0925. The van der Waals surface area contributed by atoms with Crippen molar-refractivity contribution in [3.05, 3.63) is 84.9 Å². The summed E-state index contributed by atoms with van der Waals surface area (Å²) in [4.78, 5) is 7.25. The van der Waals surface area contributed by atoms with Crippen LogP contribution in [0.2, 0.25) is 0 Å². The highest BCUT2D eigenvalue weighted by molar-refractivity contribution is 6.32. The lowest BCUT2D eigenvalue weighted by Crippen LogP contribution is -1.95. The maximum Gasteiger partial charge on any atom is 0.148 e. The maximum atomic E-state index is 11.3. The quantitative estimate of drug-likeness (QED) is 0.160. The topological polar surface area (TPSA) is 90.5 Å². The van der Waals surface area contributed by atoms with Gasteiger partial charge in [-0.25, -0.2) is 0 Å². The highest BCUT2D eigenvalue weighted by Gasteiger charge is 2.26. The Hall–Kier alpha value is -5.98. The molecule has 6 heteroatoms. The second kappa shape index (κ2) is 9.89. The molecule has 0 unspecified atom stereocenters. The molecule has 2 aromatic heterocycles. The molecule has 0 bridgehead atoms. The number of aromatic nitrogens is 2. The number of phenols is 2. The van der Waals surface area contributed by atoms with E-state index in [1.807, 2.05) is 48.5 Å². The SMILES string of the molecule is C#CCOc1ccc(O)c(-c2c3[nH]c4ccccc4c3c(-c3cc(OCC#C)ccc3O)c3[nH]c4ccccc4c23)c1. The Bertz CT molecular complexity index is 2100. The van der Waals surface area contributed by atoms with Gasteiger partial charge in [-0.3, -0.25) is 0 Å². The van der Waals surface area contributed by atoms with Crippen molar-refractivity contribution in [1.82, 2.24) is 9.97 Å². The van der Waals surface area contributed by atoms with E-state index in [0.29, 0.717) is 22.6 Å². The molecule has 2 heterocycles. The number of benzene rings is 5. The van der Waals surface area contributed by atoms with Crippen molar-refractivity contribution in [2.45, 2.75) is 0 Å². The first-order chi connectivity index (χ1) is 20.6. The number of aromatic amines is 2. The average Bonchev–Trinajstić information content (AvgIpc) is 3.58. The van der Waals surface area contributed by atoms with E-state index in [1.165, 1.54) is 0 Å². The molecule has 7 rings (SSSR count). The number of terminal acetylenes is 2. The van der Waals surface area contributed by atoms with E-state index in [-0.39, 0.29) is 24.7 Å². The van der Waals surface area contributed by atoms with Crippen LogP contribution in [0.3, 0.4) is 0 Å². The van der Waals surface area contributed by atoms with Crippen LogP contribution in [0.4, 0.5) is 0 Å². The highest BCUT2D eigenvalue weighted by atomic mass is 16.5. The molecule has 0 saturated heterocycles. The number of aromatic hydroxyl groups is 2. The Labute approximate surface area is 241 Å². The summed E-state index contributed by atoms with van der Waals surface area (Å²) in [7, 11) is 0. The molecule has 0 saturated carbocycles. The van der Waals surface area contributed by atoms with Crippen LogP contribution in [-0.4, -0.2) is 33.4 Å². The van der Waals surface area contributed by atoms with Crippen LogP contribution >= 0.6 is 0 Å². The summed E-state index contributed by atoms with van der Waals surface area (Å²) in [6.45, 7) is 0.204. The lowest BCUT2D eigenvalue weighted by Gasteiger charge is -2.16. The number of fused-ring (bicyclic) bond motifs is 6. The van der Waals surface area contributed by atoms with E-state index in [1.54, 1.807) is 36.4 Å². The summed E-state index contributed by atoms with van der Waals surface area (Å²) < 4.78 is 11.5. The van der Waals surface area contributed by atoms with Crippen LogP contribution in [0.25, 0.3) is 65.9 Å². The number of rotatable bonds is 6. The highest BCUT2D eigenvalue weighted by Crippen LogP contribution is 2.51. The molecule has 4 N–H and O–H groups in total. The van der Waals surface area contributed by atoms with E-state index in [4.69, 9.17) is 22.3 Å². The first-order valence-electron chi connectivity index (χ1n) is 13.3. The van der Waals surface area contributed by atoms with Gasteiger partial charge in [-0.1, -0.05) is 48.2 Å². The van der Waals surface area contributed by atoms with Crippen molar-refractivity contribution < 1.29 is 19.7 Å². The number of hydrogen-bond donors (Lipinski definition) is 4. The van der Waals surface area contributed by atoms with Crippen LogP contribution in [0, 0.1) is 24.7 Å². The number of phenolic OH excluding ortho intramolecular Hbond substituents is 2. The van der Waals surface area contributed by atoms with Gasteiger partial charge < -0.3 is 29.7 Å². The molecule has 0 aliphatic carbocycles. The lowest BCUT2D eigenvalue weighted by atomic mass is 9.89. The molecule has 0 radical (unpaired) electrons. The standard InChI is InChI=1S/C36H24N2O4/c1-3-17-41-21-13-15-29(39)25(19-21)33-31-23-9-5-7-11-27(23)38-36(31)34(26-20-22(42-18-4-2)14-16-30(26)40)32-24-10-6-8-12-28(24)37-35(32)33/h1-2,5-16,19-20,37-40H,17-18H2. The van der Waals surface area contributed by atoms with Crippen molar-refractivity contribution in [1.29, 1.82) is 0 Å². The van der Waals surface area contributed by atoms with Crippen molar-refractivity contribution in [3.63, 3.8) is 0 Å². The van der Waals surface area contributed by atoms with E-state index in [9.17, 15) is 10.2 Å². The summed E-state index contributed by atoms with van der Waals surface area (Å²) >= 11 is 0. The van der Waals surface area contributed by atoms with Crippen molar-refractivity contribution in [2.24, 2.45) is 0 Å². The molecule has 5 aromatic carbocycles. The summed E-state index contributed by atoms with van der Waals surface area (Å²) in [5, 5.41) is 26.2. The summed E-state index contributed by atoms with van der Waals surface area (Å²) in [6, 6.07) is 26.2. The Morgan fingerprint density at radius 3 is 1.45 bits per heavy atom. The van der Waals surface area contributed by atoms with Crippen molar-refractivity contribution in [2.75, 3.05) is 13.2 Å². The number of ether oxygens (including phenoxy) is 2. The molecule has 0 aliphatic heterocycles. The third-order valence-corrected chi connectivity index (χ3v) is 7.53.